The molecule has 0 bridgehead atoms. The highest BCUT2D eigenvalue weighted by Crippen LogP contribution is 2.52. The zero-order chi connectivity index (χ0) is 16.9. The largest absolute Gasteiger partial charge is 0.377 e. The molecule has 1 aliphatic carbocycles. The van der Waals surface area contributed by atoms with E-state index >= 15 is 0 Å². The highest BCUT2D eigenvalue weighted by atomic mass is 127. The molecule has 24 heavy (non-hydrogen) atoms. The summed E-state index contributed by atoms with van der Waals surface area (Å²) >= 11 is 0. The lowest BCUT2D eigenvalue weighted by Gasteiger charge is -2.54. The molecule has 3 atom stereocenters. The van der Waals surface area contributed by atoms with Crippen LogP contribution in [0.15, 0.2) is 4.99 Å². The van der Waals surface area contributed by atoms with Crippen LogP contribution in [0, 0.1) is 11.3 Å². The number of ether oxygens (including phenoxy) is 1. The minimum absolute atomic E-state index is 0. The van der Waals surface area contributed by atoms with Crippen molar-refractivity contribution in [2.45, 2.75) is 59.6 Å². The second-order valence-electron chi connectivity index (χ2n) is 7.38. The Bertz CT molecular complexity index is 402. The second kappa shape index (κ2) is 10.2. The van der Waals surface area contributed by atoms with E-state index < -0.39 is 0 Å². The zero-order valence-electron chi connectivity index (χ0n) is 16.1. The van der Waals surface area contributed by atoms with Gasteiger partial charge in [-0.05, 0) is 32.9 Å². The van der Waals surface area contributed by atoms with Gasteiger partial charge in [0, 0.05) is 37.1 Å². The summed E-state index contributed by atoms with van der Waals surface area (Å²) in [5.74, 6) is 1.60. The van der Waals surface area contributed by atoms with E-state index in [-0.39, 0.29) is 29.4 Å². The Morgan fingerprint density at radius 2 is 2.00 bits per heavy atom. The fourth-order valence-corrected chi connectivity index (χ4v) is 4.13. The van der Waals surface area contributed by atoms with E-state index in [1.807, 2.05) is 0 Å². The number of likely N-dealkylation sites (N-methyl/N-ethyl adjacent to an activating group) is 1. The van der Waals surface area contributed by atoms with Gasteiger partial charge in [-0.3, -0.25) is 4.99 Å². The summed E-state index contributed by atoms with van der Waals surface area (Å²) < 4.78 is 5.89. The third-order valence-corrected chi connectivity index (χ3v) is 5.41. The Morgan fingerprint density at radius 1 is 1.25 bits per heavy atom. The van der Waals surface area contributed by atoms with E-state index in [1.54, 1.807) is 0 Å². The molecule has 5 nitrogen and oxygen atoms in total. The smallest absolute Gasteiger partial charge is 0.191 e. The van der Waals surface area contributed by atoms with Crippen molar-refractivity contribution in [1.29, 1.82) is 0 Å². The lowest BCUT2D eigenvalue weighted by molar-refractivity contribution is -0.106. The van der Waals surface area contributed by atoms with Gasteiger partial charge in [0.1, 0.15) is 0 Å². The van der Waals surface area contributed by atoms with Gasteiger partial charge in [-0.25, -0.2) is 0 Å². The molecular weight excluding hydrogens is 415 g/mol. The third-order valence-electron chi connectivity index (χ3n) is 5.41. The molecule has 0 spiro atoms. The minimum atomic E-state index is 0. The van der Waals surface area contributed by atoms with Crippen LogP contribution in [0.4, 0.5) is 0 Å². The van der Waals surface area contributed by atoms with Gasteiger partial charge >= 0.3 is 0 Å². The first kappa shape index (κ1) is 22.0. The van der Waals surface area contributed by atoms with Crippen LogP contribution in [-0.4, -0.2) is 62.3 Å². The van der Waals surface area contributed by atoms with Crippen LogP contribution in [0.3, 0.4) is 0 Å². The number of hydrogen-bond donors (Lipinski definition) is 2. The van der Waals surface area contributed by atoms with Crippen molar-refractivity contribution >= 4 is 29.9 Å². The summed E-state index contributed by atoms with van der Waals surface area (Å²) in [5, 5.41) is 7.08. The maximum absolute atomic E-state index is 5.89. The molecule has 1 saturated carbocycles. The molecule has 142 valence electrons. The molecule has 2 fully saturated rings. The van der Waals surface area contributed by atoms with E-state index in [4.69, 9.17) is 9.73 Å². The summed E-state index contributed by atoms with van der Waals surface area (Å²) in [6, 6.07) is 0.464. The van der Waals surface area contributed by atoms with Gasteiger partial charge in [0.2, 0.25) is 0 Å². The molecule has 0 aromatic carbocycles. The fourth-order valence-electron chi connectivity index (χ4n) is 4.13. The molecule has 0 aromatic heterocycles. The molecule has 2 N–H and O–H groups in total. The predicted octanol–water partition coefficient (Wildman–Crippen LogP) is 2.70. The molecule has 1 aliphatic heterocycles. The van der Waals surface area contributed by atoms with E-state index in [0.29, 0.717) is 18.1 Å². The van der Waals surface area contributed by atoms with Gasteiger partial charge in [-0.15, -0.1) is 24.0 Å². The number of hydrogen-bond acceptors (Lipinski definition) is 3. The summed E-state index contributed by atoms with van der Waals surface area (Å²) in [5.41, 5.74) is 0.190. The van der Waals surface area contributed by atoms with Crippen LogP contribution in [0.5, 0.6) is 0 Å². The Hall–Kier alpha value is -0.0800. The molecule has 0 amide bonds. The molecule has 1 saturated heterocycles. The van der Waals surface area contributed by atoms with Gasteiger partial charge in [0.25, 0.3) is 0 Å². The van der Waals surface area contributed by atoms with Crippen LogP contribution < -0.4 is 10.6 Å². The normalized spacial score (nSPS) is 28.1. The van der Waals surface area contributed by atoms with Crippen molar-refractivity contribution < 1.29 is 4.74 Å². The van der Waals surface area contributed by atoms with Crippen LogP contribution in [0.1, 0.15) is 47.5 Å². The molecule has 2 rings (SSSR count). The number of nitrogens with zero attached hydrogens (tertiary/aromatic N) is 2. The molecule has 1 heterocycles. The Labute approximate surface area is 165 Å². The lowest BCUT2D eigenvalue weighted by Crippen LogP contribution is -2.68. The maximum atomic E-state index is 5.89. The quantitative estimate of drug-likeness (QED) is 0.338. The van der Waals surface area contributed by atoms with E-state index in [0.717, 1.165) is 45.3 Å². The summed E-state index contributed by atoms with van der Waals surface area (Å²) in [4.78, 5) is 7.26. The molecule has 6 heteroatoms. The average Bonchev–Trinajstić information content (AvgIpc) is 2.98. The molecule has 3 unspecified atom stereocenters. The standard InChI is InChI=1S/C18H36N4O.HI/c1-6-11-22(8-3)12-10-20-17(19-7-2)21-15-14-9-13-23-16(14)18(15,4)5;/h14-16H,6-13H2,1-5H3,(H2,19,20,21);1H. The van der Waals surface area contributed by atoms with E-state index in [2.05, 4.69) is 50.2 Å². The molecule has 2 aliphatic rings. The first-order chi connectivity index (χ1) is 11.0. The van der Waals surface area contributed by atoms with Crippen molar-refractivity contribution in [2.24, 2.45) is 16.3 Å². The monoisotopic (exact) mass is 452 g/mol. The topological polar surface area (TPSA) is 48.9 Å². The van der Waals surface area contributed by atoms with Crippen LogP contribution in [0.25, 0.3) is 0 Å². The second-order valence-corrected chi connectivity index (χ2v) is 7.38. The van der Waals surface area contributed by atoms with E-state index in [1.165, 1.54) is 12.8 Å². The number of guanidine groups is 1. The van der Waals surface area contributed by atoms with Crippen molar-refractivity contribution in [3.8, 4) is 0 Å². The fraction of sp³-hybridized carbons (Fsp3) is 0.944. The van der Waals surface area contributed by atoms with Crippen LogP contribution >= 0.6 is 24.0 Å². The highest BCUT2D eigenvalue weighted by molar-refractivity contribution is 14.0. The number of nitrogens with one attached hydrogen (secondary N) is 2. The zero-order valence-corrected chi connectivity index (χ0v) is 18.4. The van der Waals surface area contributed by atoms with Gasteiger partial charge < -0.3 is 20.3 Å². The maximum Gasteiger partial charge on any atom is 0.191 e. The minimum Gasteiger partial charge on any atom is -0.377 e. The first-order valence-corrected chi connectivity index (χ1v) is 9.43. The molecule has 0 radical (unpaired) electrons. The summed E-state index contributed by atoms with van der Waals surface area (Å²) in [6.45, 7) is 17.1. The van der Waals surface area contributed by atoms with Crippen molar-refractivity contribution in [2.75, 3.05) is 39.3 Å². The number of halogens is 1. The predicted molar refractivity (Wildman–Crippen MR) is 112 cm³/mol. The third kappa shape index (κ3) is 4.97. The Kier molecular flexibility index (Phi) is 9.30. The number of rotatable bonds is 8. The Morgan fingerprint density at radius 3 is 2.62 bits per heavy atom. The number of aliphatic imine (C=N–C) groups is 1. The number of fused-ring (bicyclic) bond motifs is 1. The van der Waals surface area contributed by atoms with Crippen LogP contribution in [-0.2, 0) is 4.74 Å². The highest BCUT2D eigenvalue weighted by Gasteiger charge is 2.59. The van der Waals surface area contributed by atoms with Gasteiger partial charge in [0.15, 0.2) is 5.96 Å². The molecule has 0 aromatic rings. The van der Waals surface area contributed by atoms with Crippen molar-refractivity contribution in [3.63, 3.8) is 0 Å². The first-order valence-electron chi connectivity index (χ1n) is 9.43. The Balaban J connectivity index is 0.00000288. The van der Waals surface area contributed by atoms with Gasteiger partial charge in [0.05, 0.1) is 12.6 Å². The van der Waals surface area contributed by atoms with Gasteiger partial charge in [-0.1, -0.05) is 27.7 Å². The molecular formula is C18H37IN4O. The van der Waals surface area contributed by atoms with Crippen molar-refractivity contribution in [3.05, 3.63) is 0 Å². The van der Waals surface area contributed by atoms with Crippen molar-refractivity contribution in [1.82, 2.24) is 15.5 Å². The summed E-state index contributed by atoms with van der Waals surface area (Å²) in [6.07, 6.45) is 2.79. The van der Waals surface area contributed by atoms with E-state index in [9.17, 15) is 0 Å². The van der Waals surface area contributed by atoms with Crippen LogP contribution in [0.2, 0.25) is 0 Å². The average molecular weight is 452 g/mol. The lowest BCUT2D eigenvalue weighted by atomic mass is 9.57. The van der Waals surface area contributed by atoms with Gasteiger partial charge in [-0.2, -0.15) is 0 Å². The SMILES string of the molecule is CCCN(CC)CCN=C(NCC)NC1C2CCOC2C1(C)C.I. The summed E-state index contributed by atoms with van der Waals surface area (Å²) in [7, 11) is 0.